The van der Waals surface area contributed by atoms with Gasteiger partial charge in [0.15, 0.2) is 0 Å². The maximum Gasteiger partial charge on any atom is 0.306 e. The van der Waals surface area contributed by atoms with Crippen LogP contribution in [0.15, 0.2) is 0 Å². The minimum absolute atomic E-state index is 0.00521. The molecule has 0 spiro atoms. The molecule has 2 N–H and O–H groups in total. The number of rotatable bonds is 6. The SMILES string of the molecule is CCN(CC)C(=O)CNC(=O)C1CCCC(C(=O)O)C1. The van der Waals surface area contributed by atoms with Gasteiger partial charge in [0.1, 0.15) is 0 Å². The number of carbonyl (C=O) groups is 3. The third-order valence-electron chi connectivity index (χ3n) is 3.92. The van der Waals surface area contributed by atoms with Crippen LogP contribution in [0.1, 0.15) is 39.5 Å². The third-order valence-corrected chi connectivity index (χ3v) is 3.92. The molecular weight excluding hydrogens is 260 g/mol. The van der Waals surface area contributed by atoms with E-state index in [0.29, 0.717) is 32.4 Å². The van der Waals surface area contributed by atoms with Crippen LogP contribution < -0.4 is 5.32 Å². The van der Waals surface area contributed by atoms with Gasteiger partial charge in [0, 0.05) is 19.0 Å². The summed E-state index contributed by atoms with van der Waals surface area (Å²) in [6, 6.07) is 0. The van der Waals surface area contributed by atoms with E-state index in [1.807, 2.05) is 13.8 Å². The summed E-state index contributed by atoms with van der Waals surface area (Å²) in [5.41, 5.74) is 0. The normalized spacial score (nSPS) is 22.1. The molecule has 6 nitrogen and oxygen atoms in total. The fourth-order valence-electron chi connectivity index (χ4n) is 2.65. The predicted octanol–water partition coefficient (Wildman–Crippen LogP) is 0.862. The van der Waals surface area contributed by atoms with Crippen LogP contribution in [0.3, 0.4) is 0 Å². The van der Waals surface area contributed by atoms with Gasteiger partial charge < -0.3 is 15.3 Å². The predicted molar refractivity (Wildman–Crippen MR) is 74.0 cm³/mol. The molecule has 0 aliphatic heterocycles. The summed E-state index contributed by atoms with van der Waals surface area (Å²) in [6.07, 6.45) is 2.46. The van der Waals surface area contributed by atoms with E-state index in [4.69, 9.17) is 5.11 Å². The van der Waals surface area contributed by atoms with E-state index >= 15 is 0 Å². The molecule has 0 saturated heterocycles. The van der Waals surface area contributed by atoms with E-state index in [0.717, 1.165) is 6.42 Å². The average molecular weight is 284 g/mol. The fourth-order valence-corrected chi connectivity index (χ4v) is 2.65. The number of hydrogen-bond acceptors (Lipinski definition) is 3. The molecule has 0 bridgehead atoms. The highest BCUT2D eigenvalue weighted by Crippen LogP contribution is 2.29. The smallest absolute Gasteiger partial charge is 0.306 e. The van der Waals surface area contributed by atoms with E-state index in [2.05, 4.69) is 5.32 Å². The molecule has 0 radical (unpaired) electrons. The van der Waals surface area contributed by atoms with Gasteiger partial charge in [0.05, 0.1) is 12.5 Å². The van der Waals surface area contributed by atoms with Gasteiger partial charge in [-0.2, -0.15) is 0 Å². The molecule has 1 rings (SSSR count). The molecule has 0 heterocycles. The summed E-state index contributed by atoms with van der Waals surface area (Å²) in [5, 5.41) is 11.6. The Balaban J connectivity index is 2.42. The largest absolute Gasteiger partial charge is 0.481 e. The van der Waals surface area contributed by atoms with E-state index in [1.165, 1.54) is 0 Å². The van der Waals surface area contributed by atoms with Crippen LogP contribution in [0.25, 0.3) is 0 Å². The van der Waals surface area contributed by atoms with Crippen molar-refractivity contribution in [3.05, 3.63) is 0 Å². The molecule has 1 aliphatic rings. The molecule has 2 amide bonds. The lowest BCUT2D eigenvalue weighted by atomic mass is 9.81. The van der Waals surface area contributed by atoms with Crippen LogP contribution >= 0.6 is 0 Å². The molecule has 1 aliphatic carbocycles. The fraction of sp³-hybridized carbons (Fsp3) is 0.786. The van der Waals surface area contributed by atoms with Gasteiger partial charge in [-0.1, -0.05) is 6.42 Å². The lowest BCUT2D eigenvalue weighted by molar-refractivity contribution is -0.144. The summed E-state index contributed by atoms with van der Waals surface area (Å²) in [6.45, 7) is 5.02. The van der Waals surface area contributed by atoms with E-state index in [-0.39, 0.29) is 24.3 Å². The summed E-state index contributed by atoms with van der Waals surface area (Å²) in [7, 11) is 0. The lowest BCUT2D eigenvalue weighted by Crippen LogP contribution is -2.43. The molecule has 1 saturated carbocycles. The van der Waals surface area contributed by atoms with Gasteiger partial charge in [0.25, 0.3) is 0 Å². The molecule has 1 fully saturated rings. The summed E-state index contributed by atoms with van der Waals surface area (Å²) >= 11 is 0. The van der Waals surface area contributed by atoms with Crippen molar-refractivity contribution in [1.82, 2.24) is 10.2 Å². The van der Waals surface area contributed by atoms with Gasteiger partial charge >= 0.3 is 5.97 Å². The minimum atomic E-state index is -0.832. The van der Waals surface area contributed by atoms with Crippen molar-refractivity contribution < 1.29 is 19.5 Å². The first-order valence-electron chi connectivity index (χ1n) is 7.27. The van der Waals surface area contributed by atoms with Gasteiger partial charge in [-0.25, -0.2) is 0 Å². The Labute approximate surface area is 119 Å². The number of hydrogen-bond donors (Lipinski definition) is 2. The minimum Gasteiger partial charge on any atom is -0.481 e. The number of aliphatic carboxylic acids is 1. The highest BCUT2D eigenvalue weighted by molar-refractivity contribution is 5.86. The molecule has 6 heteroatoms. The van der Waals surface area contributed by atoms with Crippen LogP contribution in [0.4, 0.5) is 0 Å². The summed E-state index contributed by atoms with van der Waals surface area (Å²) in [5.74, 6) is -1.85. The zero-order chi connectivity index (χ0) is 15.1. The van der Waals surface area contributed by atoms with Crippen LogP contribution in [0.5, 0.6) is 0 Å². The average Bonchev–Trinajstić information content (AvgIpc) is 2.46. The Hall–Kier alpha value is -1.59. The Morgan fingerprint density at radius 3 is 2.30 bits per heavy atom. The summed E-state index contributed by atoms with van der Waals surface area (Å²) in [4.78, 5) is 36.4. The molecular formula is C14H24N2O4. The van der Waals surface area contributed by atoms with Gasteiger partial charge in [0.2, 0.25) is 11.8 Å². The van der Waals surface area contributed by atoms with Crippen molar-refractivity contribution >= 4 is 17.8 Å². The Bertz CT molecular complexity index is 366. The second kappa shape index (κ2) is 7.87. The topological polar surface area (TPSA) is 86.7 Å². The lowest BCUT2D eigenvalue weighted by Gasteiger charge is -2.26. The quantitative estimate of drug-likeness (QED) is 0.757. The second-order valence-corrected chi connectivity index (χ2v) is 5.18. The van der Waals surface area contributed by atoms with Crippen molar-refractivity contribution in [1.29, 1.82) is 0 Å². The van der Waals surface area contributed by atoms with E-state index in [9.17, 15) is 14.4 Å². The first-order valence-corrected chi connectivity index (χ1v) is 7.27. The van der Waals surface area contributed by atoms with Crippen LogP contribution in [0.2, 0.25) is 0 Å². The van der Waals surface area contributed by atoms with Crippen molar-refractivity contribution in [2.24, 2.45) is 11.8 Å². The first-order chi connectivity index (χ1) is 9.49. The maximum absolute atomic E-state index is 12.0. The number of amides is 2. The van der Waals surface area contributed by atoms with Crippen LogP contribution in [-0.4, -0.2) is 47.4 Å². The van der Waals surface area contributed by atoms with Gasteiger partial charge in [-0.15, -0.1) is 0 Å². The number of carboxylic acid groups (broad SMARTS) is 1. The van der Waals surface area contributed by atoms with Crippen molar-refractivity contribution in [3.63, 3.8) is 0 Å². The number of nitrogens with one attached hydrogen (secondary N) is 1. The standard InChI is InChI=1S/C14H24N2O4/c1-3-16(4-2)12(17)9-15-13(18)10-6-5-7-11(8-10)14(19)20/h10-11H,3-9H2,1-2H3,(H,15,18)(H,19,20). The Kier molecular flexibility index (Phi) is 6.48. The zero-order valence-electron chi connectivity index (χ0n) is 12.2. The second-order valence-electron chi connectivity index (χ2n) is 5.18. The first kappa shape index (κ1) is 16.5. The number of carboxylic acids is 1. The number of carbonyl (C=O) groups excluding carboxylic acids is 2. The molecule has 0 aromatic rings. The van der Waals surface area contributed by atoms with Gasteiger partial charge in [-0.3, -0.25) is 14.4 Å². The molecule has 2 atom stereocenters. The maximum atomic E-state index is 12.0. The van der Waals surface area contributed by atoms with Crippen LogP contribution in [0, 0.1) is 11.8 Å². The Morgan fingerprint density at radius 1 is 1.15 bits per heavy atom. The monoisotopic (exact) mass is 284 g/mol. The number of nitrogens with zero attached hydrogens (tertiary/aromatic N) is 1. The van der Waals surface area contributed by atoms with Crippen LogP contribution in [-0.2, 0) is 14.4 Å². The summed E-state index contributed by atoms with van der Waals surface area (Å²) < 4.78 is 0. The Morgan fingerprint density at radius 2 is 1.75 bits per heavy atom. The van der Waals surface area contributed by atoms with Gasteiger partial charge in [-0.05, 0) is 33.1 Å². The molecule has 2 unspecified atom stereocenters. The molecule has 20 heavy (non-hydrogen) atoms. The van der Waals surface area contributed by atoms with Crippen molar-refractivity contribution in [2.45, 2.75) is 39.5 Å². The highest BCUT2D eigenvalue weighted by Gasteiger charge is 2.31. The molecule has 0 aromatic heterocycles. The van der Waals surface area contributed by atoms with Crippen molar-refractivity contribution in [2.75, 3.05) is 19.6 Å². The molecule has 114 valence electrons. The number of likely N-dealkylation sites (N-methyl/N-ethyl adjacent to an activating group) is 1. The van der Waals surface area contributed by atoms with E-state index < -0.39 is 11.9 Å². The van der Waals surface area contributed by atoms with E-state index in [1.54, 1.807) is 4.90 Å². The zero-order valence-corrected chi connectivity index (χ0v) is 12.2. The molecule has 0 aromatic carbocycles. The van der Waals surface area contributed by atoms with Crippen molar-refractivity contribution in [3.8, 4) is 0 Å². The third kappa shape index (κ3) is 4.51. The highest BCUT2D eigenvalue weighted by atomic mass is 16.4.